The third-order valence-electron chi connectivity index (χ3n) is 3.97. The summed E-state index contributed by atoms with van der Waals surface area (Å²) >= 11 is 4.46. The highest BCUT2D eigenvalue weighted by atomic mass is 79.9. The molecule has 3 rings (SSSR count). The zero-order valence-corrected chi connectivity index (χ0v) is 18.6. The van der Waals surface area contributed by atoms with E-state index in [1.807, 2.05) is 6.92 Å². The predicted molar refractivity (Wildman–Crippen MR) is 113 cm³/mol. The van der Waals surface area contributed by atoms with Crippen molar-refractivity contribution in [1.82, 2.24) is 19.7 Å². The molecule has 0 aliphatic rings. The van der Waals surface area contributed by atoms with E-state index < -0.39 is 11.7 Å². The third-order valence-corrected chi connectivity index (χ3v) is 5.40. The van der Waals surface area contributed by atoms with E-state index in [4.69, 9.17) is 4.74 Å². The topological polar surface area (TPSA) is 81.9 Å². The summed E-state index contributed by atoms with van der Waals surface area (Å²) in [6, 6.07) is 8.07. The number of carbonyl (C=O) groups excluding carboxylic acids is 1. The van der Waals surface area contributed by atoms with Crippen LogP contribution >= 0.6 is 27.7 Å². The largest absolute Gasteiger partial charge is 0.486 e. The lowest BCUT2D eigenvalue weighted by molar-refractivity contribution is -0.137. The van der Waals surface area contributed by atoms with Gasteiger partial charge in [0.15, 0.2) is 11.0 Å². The Morgan fingerprint density at radius 3 is 2.74 bits per heavy atom. The maximum absolute atomic E-state index is 12.8. The van der Waals surface area contributed by atoms with Crippen molar-refractivity contribution in [3.63, 3.8) is 0 Å². The van der Waals surface area contributed by atoms with Crippen LogP contribution in [0.3, 0.4) is 0 Å². The van der Waals surface area contributed by atoms with Crippen LogP contribution in [0.15, 0.2) is 52.2 Å². The van der Waals surface area contributed by atoms with Gasteiger partial charge in [-0.3, -0.25) is 4.79 Å². The number of hydrogen-bond acceptors (Lipinski definition) is 6. The van der Waals surface area contributed by atoms with E-state index in [0.29, 0.717) is 23.3 Å². The van der Waals surface area contributed by atoms with Crippen molar-refractivity contribution in [2.24, 2.45) is 0 Å². The molecule has 1 amide bonds. The van der Waals surface area contributed by atoms with Gasteiger partial charge >= 0.3 is 6.18 Å². The molecule has 0 bridgehead atoms. The van der Waals surface area contributed by atoms with Crippen LogP contribution in [0.2, 0.25) is 0 Å². The second-order valence-electron chi connectivity index (χ2n) is 6.16. The number of amides is 1. The molecule has 3 aromatic rings. The van der Waals surface area contributed by atoms with Crippen molar-refractivity contribution in [2.45, 2.75) is 31.4 Å². The summed E-state index contributed by atoms with van der Waals surface area (Å²) in [5.74, 6) is 0.784. The maximum atomic E-state index is 12.8. The van der Waals surface area contributed by atoms with Crippen LogP contribution in [0.1, 0.15) is 18.3 Å². The number of hydrogen-bond donors (Lipinski definition) is 1. The molecule has 2 heterocycles. The molecule has 0 atom stereocenters. The summed E-state index contributed by atoms with van der Waals surface area (Å²) in [6.45, 7) is 2.32. The fraction of sp³-hybridized carbons (Fsp3) is 0.263. The molecule has 31 heavy (non-hydrogen) atoms. The number of nitrogens with zero attached hydrogens (tertiary/aromatic N) is 4. The van der Waals surface area contributed by atoms with Gasteiger partial charge in [0.1, 0.15) is 18.2 Å². The van der Waals surface area contributed by atoms with Gasteiger partial charge in [0.25, 0.3) is 0 Å². The van der Waals surface area contributed by atoms with E-state index in [9.17, 15) is 18.0 Å². The Morgan fingerprint density at radius 2 is 2.06 bits per heavy atom. The van der Waals surface area contributed by atoms with Crippen molar-refractivity contribution in [3.05, 3.63) is 58.5 Å². The van der Waals surface area contributed by atoms with Gasteiger partial charge in [-0.1, -0.05) is 17.8 Å². The van der Waals surface area contributed by atoms with E-state index in [-0.39, 0.29) is 24.0 Å². The molecule has 164 valence electrons. The first kappa shape index (κ1) is 23.1. The van der Waals surface area contributed by atoms with Gasteiger partial charge in [0, 0.05) is 17.2 Å². The number of ether oxygens (including phenoxy) is 1. The lowest BCUT2D eigenvalue weighted by Crippen LogP contribution is -2.15. The molecule has 0 saturated carbocycles. The highest BCUT2D eigenvalue weighted by Crippen LogP contribution is 2.31. The Labute approximate surface area is 188 Å². The minimum atomic E-state index is -4.45. The number of carbonyl (C=O) groups is 1. The van der Waals surface area contributed by atoms with Gasteiger partial charge in [-0.2, -0.15) is 13.2 Å². The van der Waals surface area contributed by atoms with Gasteiger partial charge in [-0.05, 0) is 53.2 Å². The Morgan fingerprint density at radius 1 is 1.26 bits per heavy atom. The Kier molecular flexibility index (Phi) is 7.55. The summed E-state index contributed by atoms with van der Waals surface area (Å²) in [4.78, 5) is 16.2. The van der Waals surface area contributed by atoms with Gasteiger partial charge in [-0.25, -0.2) is 4.98 Å². The molecule has 0 saturated heterocycles. The molecular weight excluding hydrogens is 499 g/mol. The molecule has 7 nitrogen and oxygen atoms in total. The van der Waals surface area contributed by atoms with Crippen molar-refractivity contribution >= 4 is 39.4 Å². The smallest absolute Gasteiger partial charge is 0.416 e. The zero-order chi connectivity index (χ0) is 22.4. The van der Waals surface area contributed by atoms with Crippen LogP contribution in [0, 0.1) is 0 Å². The lowest BCUT2D eigenvalue weighted by atomic mass is 10.2. The first-order valence-electron chi connectivity index (χ1n) is 9.02. The molecule has 2 aromatic heterocycles. The number of nitrogens with one attached hydrogen (secondary N) is 1. The third kappa shape index (κ3) is 6.44. The van der Waals surface area contributed by atoms with E-state index in [1.54, 1.807) is 22.9 Å². The number of thioether (sulfide) groups is 1. The predicted octanol–water partition coefficient (Wildman–Crippen LogP) is 4.78. The zero-order valence-electron chi connectivity index (χ0n) is 16.2. The molecular formula is C19H17BrF3N5O2S. The van der Waals surface area contributed by atoms with Crippen LogP contribution in [-0.2, 0) is 24.1 Å². The molecule has 0 aliphatic carbocycles. The van der Waals surface area contributed by atoms with Gasteiger partial charge < -0.3 is 14.6 Å². The fourth-order valence-electron chi connectivity index (χ4n) is 2.52. The molecule has 1 aromatic carbocycles. The van der Waals surface area contributed by atoms with E-state index in [1.165, 1.54) is 23.9 Å². The Balaban J connectivity index is 1.59. The van der Waals surface area contributed by atoms with Gasteiger partial charge in [0.2, 0.25) is 5.91 Å². The van der Waals surface area contributed by atoms with Crippen molar-refractivity contribution in [3.8, 4) is 5.75 Å². The second-order valence-corrected chi connectivity index (χ2v) is 8.01. The highest BCUT2D eigenvalue weighted by molar-refractivity contribution is 9.10. The molecule has 0 fully saturated rings. The Hall–Kier alpha value is -2.60. The number of alkyl halides is 3. The quantitative estimate of drug-likeness (QED) is 0.434. The summed E-state index contributed by atoms with van der Waals surface area (Å²) in [6.07, 6.45) is -2.87. The standard InChI is InChI=1S/C19H17BrF3N5O2S/c1-2-28-16(10-30-14-5-3-4-12(8-14)19(21,22)23)26-27-18(28)31-11-17(29)25-15-7-6-13(20)9-24-15/h3-9H,2,10-11H2,1H3,(H,24,25,29). The van der Waals surface area contributed by atoms with Gasteiger partial charge in [-0.15, -0.1) is 10.2 Å². The van der Waals surface area contributed by atoms with Crippen LogP contribution in [0.5, 0.6) is 5.75 Å². The molecule has 0 spiro atoms. The minimum Gasteiger partial charge on any atom is -0.486 e. The van der Waals surface area contributed by atoms with Gasteiger partial charge in [0.05, 0.1) is 11.3 Å². The first-order chi connectivity index (χ1) is 14.8. The Bertz CT molecular complexity index is 1040. The fourth-order valence-corrected chi connectivity index (χ4v) is 3.57. The number of anilines is 1. The minimum absolute atomic E-state index is 0.0578. The SMILES string of the molecule is CCn1c(COc2cccc(C(F)(F)F)c2)nnc1SCC(=O)Nc1ccc(Br)cn1. The van der Waals surface area contributed by atoms with E-state index in [2.05, 4.69) is 36.4 Å². The second kappa shape index (κ2) is 10.1. The van der Waals surface area contributed by atoms with E-state index >= 15 is 0 Å². The average Bonchev–Trinajstić information content (AvgIpc) is 3.14. The number of pyridine rings is 1. The molecule has 1 N–H and O–H groups in total. The normalized spacial score (nSPS) is 11.4. The summed E-state index contributed by atoms with van der Waals surface area (Å²) in [5.41, 5.74) is -0.788. The molecule has 0 aliphatic heterocycles. The summed E-state index contributed by atoms with van der Waals surface area (Å²) in [7, 11) is 0. The summed E-state index contributed by atoms with van der Waals surface area (Å²) in [5, 5.41) is 11.3. The monoisotopic (exact) mass is 515 g/mol. The maximum Gasteiger partial charge on any atom is 0.416 e. The number of benzene rings is 1. The van der Waals surface area contributed by atoms with Crippen molar-refractivity contribution < 1.29 is 22.7 Å². The van der Waals surface area contributed by atoms with Crippen LogP contribution in [0.25, 0.3) is 0 Å². The molecule has 0 unspecified atom stereocenters. The highest BCUT2D eigenvalue weighted by Gasteiger charge is 2.30. The average molecular weight is 516 g/mol. The van der Waals surface area contributed by atoms with Crippen LogP contribution in [-0.4, -0.2) is 31.4 Å². The number of halogens is 4. The number of rotatable bonds is 8. The summed E-state index contributed by atoms with van der Waals surface area (Å²) < 4.78 is 46.5. The molecule has 0 radical (unpaired) electrons. The van der Waals surface area contributed by atoms with Crippen molar-refractivity contribution in [2.75, 3.05) is 11.1 Å². The lowest BCUT2D eigenvalue weighted by Gasteiger charge is -2.11. The first-order valence-corrected chi connectivity index (χ1v) is 10.8. The number of aromatic nitrogens is 4. The van der Waals surface area contributed by atoms with Crippen LogP contribution < -0.4 is 10.1 Å². The molecule has 12 heteroatoms. The van der Waals surface area contributed by atoms with E-state index in [0.717, 1.165) is 16.6 Å². The van der Waals surface area contributed by atoms with Crippen molar-refractivity contribution in [1.29, 1.82) is 0 Å². The van der Waals surface area contributed by atoms with Crippen LogP contribution in [0.4, 0.5) is 19.0 Å².